The highest BCUT2D eigenvalue weighted by Crippen LogP contribution is 2.35. The predicted octanol–water partition coefficient (Wildman–Crippen LogP) is 5.08. The zero-order valence-corrected chi connectivity index (χ0v) is 12.7. The molecule has 0 atom stereocenters. The van der Waals surface area contributed by atoms with Gasteiger partial charge in [0.2, 0.25) is 0 Å². The predicted molar refractivity (Wildman–Crippen MR) is 83.1 cm³/mol. The Morgan fingerprint density at radius 2 is 1.74 bits per heavy atom. The lowest BCUT2D eigenvalue weighted by atomic mass is 10.2. The van der Waals surface area contributed by atoms with Gasteiger partial charge in [-0.1, -0.05) is 46.6 Å². The van der Waals surface area contributed by atoms with E-state index in [0.29, 0.717) is 20.6 Å². The molecule has 0 aliphatic rings. The molecule has 2 rings (SSSR count). The van der Waals surface area contributed by atoms with Gasteiger partial charge in [-0.15, -0.1) is 0 Å². The number of nitrogens with two attached hydrogens (primary N) is 1. The summed E-state index contributed by atoms with van der Waals surface area (Å²) in [5.41, 5.74) is 6.19. The molecular formula is C13H9Cl3N2S. The molecule has 0 saturated heterocycles. The number of rotatable bonds is 3. The minimum Gasteiger partial charge on any atom is -0.384 e. The van der Waals surface area contributed by atoms with Gasteiger partial charge >= 0.3 is 0 Å². The summed E-state index contributed by atoms with van der Waals surface area (Å²) in [7, 11) is 0. The highest BCUT2D eigenvalue weighted by atomic mass is 35.5. The van der Waals surface area contributed by atoms with Crippen LogP contribution in [0, 0.1) is 5.41 Å². The lowest BCUT2D eigenvalue weighted by Gasteiger charge is -2.09. The van der Waals surface area contributed by atoms with Crippen molar-refractivity contribution in [2.75, 3.05) is 0 Å². The first-order valence-electron chi connectivity index (χ1n) is 5.24. The van der Waals surface area contributed by atoms with Crippen molar-refractivity contribution in [2.24, 2.45) is 5.73 Å². The largest absolute Gasteiger partial charge is 0.384 e. The Kier molecular flexibility index (Phi) is 4.63. The van der Waals surface area contributed by atoms with E-state index in [1.165, 1.54) is 11.8 Å². The molecule has 0 heterocycles. The maximum Gasteiger partial charge on any atom is 0.123 e. The smallest absolute Gasteiger partial charge is 0.123 e. The van der Waals surface area contributed by atoms with Gasteiger partial charge in [-0.2, -0.15) is 0 Å². The molecule has 0 fully saturated rings. The summed E-state index contributed by atoms with van der Waals surface area (Å²) in [4.78, 5) is 1.71. The molecule has 0 amide bonds. The number of amidine groups is 1. The molecule has 19 heavy (non-hydrogen) atoms. The molecule has 0 unspecified atom stereocenters. The fraction of sp³-hybridized carbons (Fsp3) is 0. The average Bonchev–Trinajstić information content (AvgIpc) is 2.33. The summed E-state index contributed by atoms with van der Waals surface area (Å²) < 4.78 is 0. The first-order valence-corrected chi connectivity index (χ1v) is 7.19. The zero-order valence-electron chi connectivity index (χ0n) is 9.58. The summed E-state index contributed by atoms with van der Waals surface area (Å²) in [6.45, 7) is 0. The molecule has 98 valence electrons. The van der Waals surface area contributed by atoms with Crippen LogP contribution in [0.15, 0.2) is 46.2 Å². The van der Waals surface area contributed by atoms with Crippen molar-refractivity contribution in [1.82, 2.24) is 0 Å². The quantitative estimate of drug-likeness (QED) is 0.608. The molecule has 2 aromatic rings. The second-order valence-electron chi connectivity index (χ2n) is 3.73. The molecule has 0 saturated carbocycles. The van der Waals surface area contributed by atoms with Gasteiger partial charge in [-0.3, -0.25) is 5.41 Å². The van der Waals surface area contributed by atoms with Gasteiger partial charge in [0.15, 0.2) is 0 Å². The number of hydrogen-bond acceptors (Lipinski definition) is 2. The molecule has 0 spiro atoms. The minimum absolute atomic E-state index is 0.000716. The molecule has 6 heteroatoms. The van der Waals surface area contributed by atoms with E-state index in [9.17, 15) is 0 Å². The number of halogens is 3. The summed E-state index contributed by atoms with van der Waals surface area (Å²) in [6, 6.07) is 10.5. The van der Waals surface area contributed by atoms with E-state index in [-0.39, 0.29) is 5.84 Å². The van der Waals surface area contributed by atoms with Crippen molar-refractivity contribution >= 4 is 52.4 Å². The monoisotopic (exact) mass is 330 g/mol. The van der Waals surface area contributed by atoms with Crippen LogP contribution >= 0.6 is 46.6 Å². The van der Waals surface area contributed by atoms with Crippen LogP contribution in [0.25, 0.3) is 0 Å². The summed E-state index contributed by atoms with van der Waals surface area (Å²) in [6.07, 6.45) is 0. The fourth-order valence-corrected chi connectivity index (χ4v) is 3.11. The Morgan fingerprint density at radius 1 is 1.00 bits per heavy atom. The molecule has 0 bridgehead atoms. The van der Waals surface area contributed by atoms with Gasteiger partial charge in [0, 0.05) is 20.4 Å². The molecule has 0 radical (unpaired) electrons. The van der Waals surface area contributed by atoms with Crippen LogP contribution in [0.2, 0.25) is 15.1 Å². The Balaban J connectivity index is 2.39. The van der Waals surface area contributed by atoms with E-state index in [4.69, 9.17) is 45.9 Å². The number of nitrogens with one attached hydrogen (secondary N) is 1. The van der Waals surface area contributed by atoms with Crippen molar-refractivity contribution in [1.29, 1.82) is 5.41 Å². The summed E-state index contributed by atoms with van der Waals surface area (Å²) in [5, 5.41) is 9.14. The minimum atomic E-state index is -0.000716. The van der Waals surface area contributed by atoms with Crippen LogP contribution in [0.5, 0.6) is 0 Å². The normalized spacial score (nSPS) is 10.5. The third-order valence-electron chi connectivity index (χ3n) is 2.35. The van der Waals surface area contributed by atoms with E-state index in [1.54, 1.807) is 30.3 Å². The molecule has 3 N–H and O–H groups in total. The third kappa shape index (κ3) is 3.57. The SMILES string of the molecule is N=C(N)c1ccc(Cl)cc1Sc1ccc(Cl)c(Cl)c1. The number of nitrogen functional groups attached to an aromatic ring is 1. The van der Waals surface area contributed by atoms with E-state index >= 15 is 0 Å². The van der Waals surface area contributed by atoms with E-state index in [1.807, 2.05) is 6.07 Å². The van der Waals surface area contributed by atoms with Crippen molar-refractivity contribution in [2.45, 2.75) is 9.79 Å². The van der Waals surface area contributed by atoms with Gasteiger partial charge in [0.1, 0.15) is 5.84 Å². The number of hydrogen-bond donors (Lipinski definition) is 2. The fourth-order valence-electron chi connectivity index (χ4n) is 1.47. The standard InChI is InChI=1S/C13H9Cl3N2S/c14-7-1-3-9(13(17)18)12(5-7)19-8-2-4-10(15)11(16)6-8/h1-6H,(H3,17,18). The summed E-state index contributed by atoms with van der Waals surface area (Å²) in [5.74, 6) is -0.000716. The van der Waals surface area contributed by atoms with Crippen LogP contribution in [0.3, 0.4) is 0 Å². The maximum absolute atomic E-state index is 7.56. The second-order valence-corrected chi connectivity index (χ2v) is 6.10. The van der Waals surface area contributed by atoms with Crippen molar-refractivity contribution in [3.05, 3.63) is 57.0 Å². The van der Waals surface area contributed by atoms with Gasteiger partial charge in [-0.25, -0.2) is 0 Å². The first-order chi connectivity index (χ1) is 8.97. The second kappa shape index (κ2) is 6.06. The van der Waals surface area contributed by atoms with Crippen LogP contribution in [0.4, 0.5) is 0 Å². The highest BCUT2D eigenvalue weighted by Gasteiger charge is 2.09. The molecule has 0 aliphatic heterocycles. The topological polar surface area (TPSA) is 49.9 Å². The molecule has 2 aromatic carbocycles. The van der Waals surface area contributed by atoms with Crippen molar-refractivity contribution in [3.63, 3.8) is 0 Å². The molecule has 0 aromatic heterocycles. The van der Waals surface area contributed by atoms with Crippen LogP contribution in [-0.2, 0) is 0 Å². The van der Waals surface area contributed by atoms with Crippen LogP contribution in [-0.4, -0.2) is 5.84 Å². The van der Waals surface area contributed by atoms with Gasteiger partial charge in [0.25, 0.3) is 0 Å². The van der Waals surface area contributed by atoms with Crippen LogP contribution < -0.4 is 5.73 Å². The Hall–Kier alpha value is -0.870. The Bertz CT molecular complexity index is 644. The first kappa shape index (κ1) is 14.5. The Morgan fingerprint density at radius 3 is 2.37 bits per heavy atom. The molecular weight excluding hydrogens is 323 g/mol. The van der Waals surface area contributed by atoms with Crippen molar-refractivity contribution in [3.8, 4) is 0 Å². The maximum atomic E-state index is 7.56. The Labute approximate surface area is 130 Å². The van der Waals surface area contributed by atoms with E-state index < -0.39 is 0 Å². The lowest BCUT2D eigenvalue weighted by molar-refractivity contribution is 1.33. The summed E-state index contributed by atoms with van der Waals surface area (Å²) >= 11 is 19.3. The van der Waals surface area contributed by atoms with Gasteiger partial charge in [0.05, 0.1) is 10.0 Å². The van der Waals surface area contributed by atoms with E-state index in [0.717, 1.165) is 9.79 Å². The van der Waals surface area contributed by atoms with Gasteiger partial charge < -0.3 is 5.73 Å². The van der Waals surface area contributed by atoms with Crippen LogP contribution in [0.1, 0.15) is 5.56 Å². The zero-order chi connectivity index (χ0) is 14.0. The van der Waals surface area contributed by atoms with E-state index in [2.05, 4.69) is 0 Å². The molecule has 2 nitrogen and oxygen atoms in total. The number of benzene rings is 2. The average molecular weight is 332 g/mol. The molecule has 0 aliphatic carbocycles. The highest BCUT2D eigenvalue weighted by molar-refractivity contribution is 7.99. The van der Waals surface area contributed by atoms with Crippen molar-refractivity contribution < 1.29 is 0 Å². The van der Waals surface area contributed by atoms with Gasteiger partial charge in [-0.05, 0) is 36.4 Å². The third-order valence-corrected chi connectivity index (χ3v) is 4.37. The lowest BCUT2D eigenvalue weighted by Crippen LogP contribution is -2.12.